The second kappa shape index (κ2) is 8.40. The van der Waals surface area contributed by atoms with Gasteiger partial charge in [0, 0.05) is 24.8 Å². The summed E-state index contributed by atoms with van der Waals surface area (Å²) in [5.74, 6) is -0.0240. The van der Waals surface area contributed by atoms with Crippen LogP contribution in [0.1, 0.15) is 12.6 Å². The van der Waals surface area contributed by atoms with Gasteiger partial charge >= 0.3 is 0 Å². The first-order valence-electron chi connectivity index (χ1n) is 7.16. The molecule has 0 unspecified atom stereocenters. The SMILES string of the molecule is COC[C@H](C)NC(=O)COCc1cc(-c2ccc(F)cc2)on1. The predicted octanol–water partition coefficient (Wildman–Crippen LogP) is 2.15. The molecule has 1 N–H and O–H groups in total. The van der Waals surface area contributed by atoms with Crippen LogP contribution in [-0.2, 0) is 20.9 Å². The number of aromatic nitrogens is 1. The summed E-state index contributed by atoms with van der Waals surface area (Å²) in [5, 5.41) is 6.59. The Morgan fingerprint density at radius 1 is 1.39 bits per heavy atom. The Hall–Kier alpha value is -2.25. The van der Waals surface area contributed by atoms with Crippen molar-refractivity contribution in [1.29, 1.82) is 0 Å². The number of hydrogen-bond acceptors (Lipinski definition) is 5. The summed E-state index contributed by atoms with van der Waals surface area (Å²) in [6.45, 7) is 2.35. The maximum atomic E-state index is 12.9. The fourth-order valence-electron chi connectivity index (χ4n) is 1.99. The second-order valence-corrected chi connectivity index (χ2v) is 5.11. The zero-order valence-corrected chi connectivity index (χ0v) is 13.0. The average molecular weight is 322 g/mol. The molecule has 0 spiro atoms. The third-order valence-electron chi connectivity index (χ3n) is 2.99. The number of halogens is 1. The van der Waals surface area contributed by atoms with Crippen LogP contribution in [0.25, 0.3) is 11.3 Å². The Morgan fingerprint density at radius 3 is 2.83 bits per heavy atom. The normalized spacial score (nSPS) is 12.1. The number of nitrogens with zero attached hydrogens (tertiary/aromatic N) is 1. The van der Waals surface area contributed by atoms with E-state index in [0.29, 0.717) is 18.1 Å². The number of nitrogens with one attached hydrogen (secondary N) is 1. The fraction of sp³-hybridized carbons (Fsp3) is 0.375. The molecule has 1 atom stereocenters. The standard InChI is InChI=1S/C16H19FN2O4/c1-11(8-21-2)18-16(20)10-22-9-14-7-15(23-19-14)12-3-5-13(17)6-4-12/h3-7,11H,8-10H2,1-2H3,(H,18,20)/t11-/m0/s1. The van der Waals surface area contributed by atoms with Gasteiger partial charge in [0.05, 0.1) is 13.2 Å². The van der Waals surface area contributed by atoms with Gasteiger partial charge < -0.3 is 19.3 Å². The molecule has 23 heavy (non-hydrogen) atoms. The molecule has 2 rings (SSSR count). The summed E-state index contributed by atoms with van der Waals surface area (Å²) in [5.41, 5.74) is 1.28. The van der Waals surface area contributed by atoms with E-state index in [4.69, 9.17) is 14.0 Å². The molecule has 0 aliphatic carbocycles. The highest BCUT2D eigenvalue weighted by Crippen LogP contribution is 2.20. The highest BCUT2D eigenvalue weighted by atomic mass is 19.1. The zero-order valence-electron chi connectivity index (χ0n) is 13.0. The molecular formula is C16H19FN2O4. The first kappa shape index (κ1) is 17.1. The lowest BCUT2D eigenvalue weighted by Gasteiger charge is -2.12. The van der Waals surface area contributed by atoms with Gasteiger partial charge in [0.25, 0.3) is 0 Å². The first-order valence-corrected chi connectivity index (χ1v) is 7.16. The lowest BCUT2D eigenvalue weighted by atomic mass is 10.1. The van der Waals surface area contributed by atoms with E-state index < -0.39 is 0 Å². The fourth-order valence-corrected chi connectivity index (χ4v) is 1.99. The number of carbonyl (C=O) groups excluding carboxylic acids is 1. The van der Waals surface area contributed by atoms with Gasteiger partial charge in [0.1, 0.15) is 18.1 Å². The quantitative estimate of drug-likeness (QED) is 0.806. The van der Waals surface area contributed by atoms with Gasteiger partial charge in [-0.2, -0.15) is 0 Å². The van der Waals surface area contributed by atoms with Gasteiger partial charge in [-0.15, -0.1) is 0 Å². The van der Waals surface area contributed by atoms with Gasteiger partial charge in [0.2, 0.25) is 5.91 Å². The summed E-state index contributed by atoms with van der Waals surface area (Å²) in [6.07, 6.45) is 0. The first-order chi connectivity index (χ1) is 11.1. The van der Waals surface area contributed by atoms with Gasteiger partial charge in [-0.3, -0.25) is 4.79 Å². The van der Waals surface area contributed by atoms with Crippen molar-refractivity contribution in [2.24, 2.45) is 0 Å². The Labute approximate surface area is 133 Å². The van der Waals surface area contributed by atoms with Crippen LogP contribution in [0.3, 0.4) is 0 Å². The van der Waals surface area contributed by atoms with Crippen molar-refractivity contribution >= 4 is 5.91 Å². The summed E-state index contributed by atoms with van der Waals surface area (Å²) in [4.78, 5) is 11.6. The molecule has 1 amide bonds. The van der Waals surface area contributed by atoms with Gasteiger partial charge in [-0.05, 0) is 31.2 Å². The molecule has 2 aromatic rings. The molecule has 1 aromatic carbocycles. The monoisotopic (exact) mass is 322 g/mol. The topological polar surface area (TPSA) is 73.6 Å². The maximum Gasteiger partial charge on any atom is 0.246 e. The summed E-state index contributed by atoms with van der Waals surface area (Å²) >= 11 is 0. The molecule has 7 heteroatoms. The van der Waals surface area contributed by atoms with E-state index in [1.54, 1.807) is 25.3 Å². The smallest absolute Gasteiger partial charge is 0.246 e. The Bertz CT molecular complexity index is 627. The molecular weight excluding hydrogens is 303 g/mol. The molecule has 0 saturated heterocycles. The molecule has 0 aliphatic heterocycles. The zero-order chi connectivity index (χ0) is 16.7. The molecule has 1 heterocycles. The second-order valence-electron chi connectivity index (χ2n) is 5.11. The number of carbonyl (C=O) groups is 1. The highest BCUT2D eigenvalue weighted by Gasteiger charge is 2.10. The lowest BCUT2D eigenvalue weighted by Crippen LogP contribution is -2.37. The number of benzene rings is 1. The number of amides is 1. The summed E-state index contributed by atoms with van der Waals surface area (Å²) in [6, 6.07) is 7.52. The summed E-state index contributed by atoms with van der Waals surface area (Å²) in [7, 11) is 1.57. The Balaban J connectivity index is 1.79. The van der Waals surface area contributed by atoms with E-state index in [-0.39, 0.29) is 31.0 Å². The third kappa shape index (κ3) is 5.46. The summed E-state index contributed by atoms with van der Waals surface area (Å²) < 4.78 is 28.3. The third-order valence-corrected chi connectivity index (χ3v) is 2.99. The van der Waals surface area contributed by atoms with Crippen LogP contribution in [0.2, 0.25) is 0 Å². The van der Waals surface area contributed by atoms with Crippen molar-refractivity contribution in [2.75, 3.05) is 20.3 Å². The van der Waals surface area contributed by atoms with Gasteiger partial charge in [-0.1, -0.05) is 5.16 Å². The molecule has 0 saturated carbocycles. The van der Waals surface area contributed by atoms with Crippen LogP contribution in [0.15, 0.2) is 34.9 Å². The van der Waals surface area contributed by atoms with E-state index in [0.717, 1.165) is 5.56 Å². The van der Waals surface area contributed by atoms with Crippen molar-refractivity contribution in [1.82, 2.24) is 10.5 Å². The minimum atomic E-state index is -0.314. The molecule has 0 bridgehead atoms. The van der Waals surface area contributed by atoms with E-state index in [9.17, 15) is 9.18 Å². The van der Waals surface area contributed by atoms with Gasteiger partial charge in [0.15, 0.2) is 5.76 Å². The minimum absolute atomic E-state index is 0.0757. The number of hydrogen-bond donors (Lipinski definition) is 1. The molecule has 0 radical (unpaired) electrons. The van der Waals surface area contributed by atoms with Crippen molar-refractivity contribution < 1.29 is 23.2 Å². The van der Waals surface area contributed by atoms with Crippen LogP contribution < -0.4 is 5.32 Å². The van der Waals surface area contributed by atoms with E-state index >= 15 is 0 Å². The molecule has 0 aliphatic rings. The molecule has 0 fully saturated rings. The number of ether oxygens (including phenoxy) is 2. The van der Waals surface area contributed by atoms with E-state index in [1.807, 2.05) is 6.92 Å². The largest absolute Gasteiger partial charge is 0.383 e. The number of methoxy groups -OCH3 is 1. The number of rotatable bonds is 8. The maximum absolute atomic E-state index is 12.9. The Kier molecular flexibility index (Phi) is 6.25. The molecule has 6 nitrogen and oxygen atoms in total. The van der Waals surface area contributed by atoms with Crippen LogP contribution in [-0.4, -0.2) is 37.4 Å². The Morgan fingerprint density at radius 2 is 2.13 bits per heavy atom. The van der Waals surface area contributed by atoms with Crippen molar-refractivity contribution in [3.05, 3.63) is 41.8 Å². The average Bonchev–Trinajstić information content (AvgIpc) is 2.97. The van der Waals surface area contributed by atoms with E-state index in [1.165, 1.54) is 12.1 Å². The van der Waals surface area contributed by atoms with Crippen LogP contribution in [0.5, 0.6) is 0 Å². The highest BCUT2D eigenvalue weighted by molar-refractivity contribution is 5.77. The van der Waals surface area contributed by atoms with E-state index in [2.05, 4.69) is 10.5 Å². The van der Waals surface area contributed by atoms with Crippen LogP contribution in [0.4, 0.5) is 4.39 Å². The molecule has 124 valence electrons. The lowest BCUT2D eigenvalue weighted by molar-refractivity contribution is -0.127. The van der Waals surface area contributed by atoms with Crippen LogP contribution in [0, 0.1) is 5.82 Å². The molecule has 1 aromatic heterocycles. The van der Waals surface area contributed by atoms with Crippen molar-refractivity contribution in [3.8, 4) is 11.3 Å². The predicted molar refractivity (Wildman–Crippen MR) is 81.0 cm³/mol. The van der Waals surface area contributed by atoms with Crippen molar-refractivity contribution in [2.45, 2.75) is 19.6 Å². The van der Waals surface area contributed by atoms with Crippen LogP contribution >= 0.6 is 0 Å². The van der Waals surface area contributed by atoms with Gasteiger partial charge in [-0.25, -0.2) is 4.39 Å². The minimum Gasteiger partial charge on any atom is -0.383 e. The van der Waals surface area contributed by atoms with Crippen molar-refractivity contribution in [3.63, 3.8) is 0 Å².